The van der Waals surface area contributed by atoms with Crippen LogP contribution < -0.4 is 10.9 Å². The van der Waals surface area contributed by atoms with E-state index < -0.39 is 0 Å². The molecule has 0 aliphatic carbocycles. The summed E-state index contributed by atoms with van der Waals surface area (Å²) in [5, 5.41) is 3.48. The molecule has 0 saturated heterocycles. The molecule has 0 atom stereocenters. The maximum atomic E-state index is 12.6. The van der Waals surface area contributed by atoms with Crippen LogP contribution in [0.5, 0.6) is 0 Å². The molecular formula is C20H17ClN2O2S. The molecule has 3 rings (SSSR count). The molecule has 0 bridgehead atoms. The summed E-state index contributed by atoms with van der Waals surface area (Å²) in [5.41, 5.74) is 1.79. The predicted molar refractivity (Wildman–Crippen MR) is 107 cm³/mol. The number of thioether (sulfide) groups is 1. The Hall–Kier alpha value is -2.50. The van der Waals surface area contributed by atoms with Crippen LogP contribution in [0.15, 0.2) is 76.6 Å². The van der Waals surface area contributed by atoms with Crippen molar-refractivity contribution in [1.82, 2.24) is 4.57 Å². The fraction of sp³-hybridized carbons (Fsp3) is 0.100. The predicted octanol–water partition coefficient (Wildman–Crippen LogP) is 4.52. The molecule has 0 aliphatic heterocycles. The molecule has 0 aliphatic rings. The van der Waals surface area contributed by atoms with Gasteiger partial charge in [-0.2, -0.15) is 0 Å². The van der Waals surface area contributed by atoms with E-state index in [2.05, 4.69) is 5.32 Å². The Morgan fingerprint density at radius 3 is 2.58 bits per heavy atom. The van der Waals surface area contributed by atoms with Gasteiger partial charge in [0.2, 0.25) is 0 Å². The zero-order valence-corrected chi connectivity index (χ0v) is 15.7. The van der Waals surface area contributed by atoms with Crippen LogP contribution in [0.1, 0.15) is 15.9 Å². The van der Waals surface area contributed by atoms with Crippen molar-refractivity contribution in [2.75, 3.05) is 11.6 Å². The van der Waals surface area contributed by atoms with Gasteiger partial charge in [-0.25, -0.2) is 0 Å². The second-order valence-corrected chi connectivity index (χ2v) is 6.89. The Morgan fingerprint density at radius 2 is 1.81 bits per heavy atom. The average molecular weight is 385 g/mol. The summed E-state index contributed by atoms with van der Waals surface area (Å²) in [7, 11) is 0. The summed E-state index contributed by atoms with van der Waals surface area (Å²) >= 11 is 7.73. The minimum Gasteiger partial charge on any atom is -0.321 e. The number of hydrogen-bond acceptors (Lipinski definition) is 3. The van der Waals surface area contributed by atoms with Crippen molar-refractivity contribution in [1.29, 1.82) is 0 Å². The number of rotatable bonds is 5. The maximum Gasteiger partial charge on any atom is 0.257 e. The van der Waals surface area contributed by atoms with Crippen LogP contribution in [-0.2, 0) is 6.54 Å². The minimum absolute atomic E-state index is 0.189. The highest BCUT2D eigenvalue weighted by molar-refractivity contribution is 7.98. The van der Waals surface area contributed by atoms with Gasteiger partial charge in [-0.3, -0.25) is 9.59 Å². The van der Waals surface area contributed by atoms with Crippen LogP contribution in [0.25, 0.3) is 0 Å². The molecule has 1 amide bonds. The van der Waals surface area contributed by atoms with E-state index in [1.165, 1.54) is 16.7 Å². The third-order valence-corrected chi connectivity index (χ3v) is 5.06. The first kappa shape index (κ1) is 18.3. The van der Waals surface area contributed by atoms with Crippen molar-refractivity contribution in [2.45, 2.75) is 11.4 Å². The van der Waals surface area contributed by atoms with Gasteiger partial charge >= 0.3 is 0 Å². The van der Waals surface area contributed by atoms with Crippen molar-refractivity contribution >= 4 is 35.0 Å². The molecule has 0 unspecified atom stereocenters. The van der Waals surface area contributed by atoms with Gasteiger partial charge in [0, 0.05) is 22.2 Å². The summed E-state index contributed by atoms with van der Waals surface area (Å²) in [4.78, 5) is 25.7. The third kappa shape index (κ3) is 4.18. The molecule has 1 heterocycles. The highest BCUT2D eigenvalue weighted by Gasteiger charge is 2.11. The summed E-state index contributed by atoms with van der Waals surface area (Å²) in [6.07, 6.45) is 3.51. The van der Waals surface area contributed by atoms with Crippen LogP contribution in [0.2, 0.25) is 5.02 Å². The van der Waals surface area contributed by atoms with Crippen molar-refractivity contribution in [3.8, 4) is 0 Å². The number of aromatic nitrogens is 1. The molecule has 3 aromatic rings. The number of para-hydroxylation sites is 1. The first-order valence-electron chi connectivity index (χ1n) is 7.97. The van der Waals surface area contributed by atoms with Crippen molar-refractivity contribution in [3.63, 3.8) is 0 Å². The number of carbonyl (C=O) groups is 1. The average Bonchev–Trinajstić information content (AvgIpc) is 2.65. The summed E-state index contributed by atoms with van der Waals surface area (Å²) in [6.45, 7) is 0.307. The Balaban J connectivity index is 1.86. The van der Waals surface area contributed by atoms with E-state index in [4.69, 9.17) is 11.6 Å². The molecule has 6 heteroatoms. The quantitative estimate of drug-likeness (QED) is 0.658. The van der Waals surface area contributed by atoms with Gasteiger partial charge in [-0.15, -0.1) is 11.8 Å². The zero-order valence-electron chi connectivity index (χ0n) is 14.1. The Bertz CT molecular complexity index is 1000. The first-order chi connectivity index (χ1) is 12.6. The Labute approximate surface area is 160 Å². The third-order valence-electron chi connectivity index (χ3n) is 3.90. The Kier molecular flexibility index (Phi) is 5.81. The van der Waals surface area contributed by atoms with Crippen molar-refractivity contribution in [3.05, 3.63) is 93.4 Å². The van der Waals surface area contributed by atoms with Gasteiger partial charge < -0.3 is 9.88 Å². The molecule has 0 fully saturated rings. The monoisotopic (exact) mass is 384 g/mol. The summed E-state index contributed by atoms with van der Waals surface area (Å²) in [6, 6.07) is 17.8. The van der Waals surface area contributed by atoms with Gasteiger partial charge in [0.15, 0.2) is 0 Å². The van der Waals surface area contributed by atoms with E-state index in [1.54, 1.807) is 24.0 Å². The number of halogens is 1. The number of carbonyl (C=O) groups excluding carboxylic acids is 1. The number of benzene rings is 2. The van der Waals surface area contributed by atoms with E-state index in [1.807, 2.05) is 48.7 Å². The molecule has 0 spiro atoms. The molecule has 0 saturated carbocycles. The number of anilines is 1. The SMILES string of the molecule is CSc1ccccc1NC(=O)c1ccc(=O)n(Cc2ccccc2Cl)c1. The standard InChI is InChI=1S/C20H17ClN2O2S/c1-26-18-9-5-4-8-17(18)22-20(25)15-10-11-19(24)23(13-15)12-14-6-2-3-7-16(14)21/h2-11,13H,12H2,1H3,(H,22,25). The molecule has 0 radical (unpaired) electrons. The number of nitrogens with zero attached hydrogens (tertiary/aromatic N) is 1. The summed E-state index contributed by atoms with van der Waals surface area (Å²) < 4.78 is 1.48. The maximum absolute atomic E-state index is 12.6. The van der Waals surface area contributed by atoms with Crippen LogP contribution >= 0.6 is 23.4 Å². The van der Waals surface area contributed by atoms with E-state index >= 15 is 0 Å². The lowest BCUT2D eigenvalue weighted by Gasteiger charge is -2.11. The molecule has 4 nitrogen and oxygen atoms in total. The van der Waals surface area contributed by atoms with E-state index in [0.717, 1.165) is 16.1 Å². The number of amides is 1. The van der Waals surface area contributed by atoms with E-state index in [0.29, 0.717) is 17.1 Å². The highest BCUT2D eigenvalue weighted by Crippen LogP contribution is 2.25. The fourth-order valence-corrected chi connectivity index (χ4v) is 3.29. The van der Waals surface area contributed by atoms with Crippen molar-refractivity contribution < 1.29 is 4.79 Å². The molecular weight excluding hydrogens is 368 g/mol. The lowest BCUT2D eigenvalue weighted by molar-refractivity contribution is 0.102. The molecule has 1 N–H and O–H groups in total. The smallest absolute Gasteiger partial charge is 0.257 e. The van der Waals surface area contributed by atoms with Crippen LogP contribution in [0.3, 0.4) is 0 Å². The van der Waals surface area contributed by atoms with Gasteiger partial charge in [0.25, 0.3) is 11.5 Å². The normalized spacial score (nSPS) is 10.5. The fourth-order valence-electron chi connectivity index (χ4n) is 2.54. The van der Waals surface area contributed by atoms with E-state index in [9.17, 15) is 9.59 Å². The molecule has 2 aromatic carbocycles. The zero-order chi connectivity index (χ0) is 18.5. The van der Waals surface area contributed by atoms with Crippen LogP contribution in [0, 0.1) is 0 Å². The number of nitrogens with one attached hydrogen (secondary N) is 1. The lowest BCUT2D eigenvalue weighted by Crippen LogP contribution is -2.22. The molecule has 132 valence electrons. The van der Waals surface area contributed by atoms with Crippen LogP contribution in [0.4, 0.5) is 5.69 Å². The van der Waals surface area contributed by atoms with Crippen LogP contribution in [-0.4, -0.2) is 16.7 Å². The number of pyridine rings is 1. The second-order valence-electron chi connectivity index (χ2n) is 5.63. The Morgan fingerprint density at radius 1 is 1.08 bits per heavy atom. The first-order valence-corrected chi connectivity index (χ1v) is 9.57. The van der Waals surface area contributed by atoms with Gasteiger partial charge in [-0.05, 0) is 36.1 Å². The largest absolute Gasteiger partial charge is 0.321 e. The van der Waals surface area contributed by atoms with Gasteiger partial charge in [-0.1, -0.05) is 41.9 Å². The van der Waals surface area contributed by atoms with Gasteiger partial charge in [0.05, 0.1) is 17.8 Å². The lowest BCUT2D eigenvalue weighted by atomic mass is 10.2. The van der Waals surface area contributed by atoms with Crippen molar-refractivity contribution in [2.24, 2.45) is 0 Å². The highest BCUT2D eigenvalue weighted by atomic mass is 35.5. The number of hydrogen-bond donors (Lipinski definition) is 1. The molecule has 26 heavy (non-hydrogen) atoms. The minimum atomic E-state index is -0.264. The second kappa shape index (κ2) is 8.25. The van der Waals surface area contributed by atoms with E-state index in [-0.39, 0.29) is 11.5 Å². The topological polar surface area (TPSA) is 51.1 Å². The molecule has 1 aromatic heterocycles. The van der Waals surface area contributed by atoms with Gasteiger partial charge in [0.1, 0.15) is 0 Å². The summed E-state index contributed by atoms with van der Waals surface area (Å²) in [5.74, 6) is -0.264.